The lowest BCUT2D eigenvalue weighted by atomic mass is 10.1. The second-order valence-corrected chi connectivity index (χ2v) is 4.35. The van der Waals surface area contributed by atoms with Gasteiger partial charge in [-0.25, -0.2) is 4.79 Å². The fraction of sp³-hybridized carbons (Fsp3) is 0.923. The Kier molecular flexibility index (Phi) is 11.8. The average Bonchev–Trinajstić information content (AvgIpc) is 2.25. The number of hydrogen-bond donors (Lipinski definition) is 1. The Balaban J connectivity index is 2.90. The van der Waals surface area contributed by atoms with Crippen molar-refractivity contribution in [3.8, 4) is 0 Å². The smallest absolute Gasteiger partial charge is 0.404 e. The minimum Gasteiger partial charge on any atom is -0.450 e. The van der Waals surface area contributed by atoms with E-state index in [9.17, 15) is 4.79 Å². The molecule has 3 nitrogen and oxygen atoms in total. The quantitative estimate of drug-likeness (QED) is 0.544. The Morgan fingerprint density at radius 3 is 1.75 bits per heavy atom. The van der Waals surface area contributed by atoms with E-state index in [2.05, 4.69) is 11.7 Å². The first-order valence-corrected chi connectivity index (χ1v) is 6.69. The van der Waals surface area contributed by atoms with Gasteiger partial charge in [0.1, 0.15) is 0 Å². The van der Waals surface area contributed by atoms with Crippen molar-refractivity contribution >= 4 is 6.09 Å². The molecular formula is C13H27NO2. The van der Waals surface area contributed by atoms with Gasteiger partial charge < -0.3 is 10.5 Å². The predicted octanol–water partition coefficient (Wildman–Crippen LogP) is 4.00. The fourth-order valence-corrected chi connectivity index (χ4v) is 1.76. The molecule has 0 unspecified atom stereocenters. The largest absolute Gasteiger partial charge is 0.450 e. The Bertz CT molecular complexity index is 160. The molecule has 0 fully saturated rings. The Morgan fingerprint density at radius 1 is 0.875 bits per heavy atom. The number of carbonyl (C=O) groups excluding carboxylic acids is 1. The molecule has 0 aromatic heterocycles. The molecule has 0 aromatic carbocycles. The van der Waals surface area contributed by atoms with Gasteiger partial charge in [0, 0.05) is 0 Å². The van der Waals surface area contributed by atoms with E-state index in [1.54, 1.807) is 0 Å². The van der Waals surface area contributed by atoms with Crippen molar-refractivity contribution in [3.63, 3.8) is 0 Å². The zero-order valence-corrected chi connectivity index (χ0v) is 10.7. The van der Waals surface area contributed by atoms with Crippen molar-refractivity contribution in [1.29, 1.82) is 0 Å². The third kappa shape index (κ3) is 13.3. The number of unbranched alkanes of at least 4 members (excludes halogenated alkanes) is 9. The van der Waals surface area contributed by atoms with Crippen LogP contribution in [0.2, 0.25) is 0 Å². The summed E-state index contributed by atoms with van der Waals surface area (Å²) in [5.41, 5.74) is 4.85. The lowest BCUT2D eigenvalue weighted by Crippen LogP contribution is -2.13. The molecule has 0 bridgehead atoms. The number of hydrogen-bond acceptors (Lipinski definition) is 2. The van der Waals surface area contributed by atoms with Crippen molar-refractivity contribution in [1.82, 2.24) is 0 Å². The Morgan fingerprint density at radius 2 is 1.31 bits per heavy atom. The molecule has 1 amide bonds. The van der Waals surface area contributed by atoms with Crippen molar-refractivity contribution in [3.05, 3.63) is 0 Å². The summed E-state index contributed by atoms with van der Waals surface area (Å²) in [4.78, 5) is 10.3. The third-order valence-electron chi connectivity index (χ3n) is 2.74. The van der Waals surface area contributed by atoms with Crippen LogP contribution in [0.15, 0.2) is 0 Å². The first kappa shape index (κ1) is 15.3. The van der Waals surface area contributed by atoms with Gasteiger partial charge in [-0.3, -0.25) is 0 Å². The van der Waals surface area contributed by atoms with Gasteiger partial charge >= 0.3 is 6.09 Å². The van der Waals surface area contributed by atoms with Crippen LogP contribution in [-0.2, 0) is 4.74 Å². The molecule has 3 heteroatoms. The highest BCUT2D eigenvalue weighted by molar-refractivity contribution is 5.64. The normalized spacial score (nSPS) is 10.3. The standard InChI is InChI=1S/C13H27NO2/c1-2-3-4-5-6-7-8-9-10-11-12-16-13(14)15/h2-12H2,1H3,(H2,14,15). The topological polar surface area (TPSA) is 52.3 Å². The van der Waals surface area contributed by atoms with Crippen LogP contribution in [0.25, 0.3) is 0 Å². The van der Waals surface area contributed by atoms with Gasteiger partial charge in [0.15, 0.2) is 0 Å². The van der Waals surface area contributed by atoms with Crippen LogP contribution >= 0.6 is 0 Å². The van der Waals surface area contributed by atoms with Crippen molar-refractivity contribution in [2.75, 3.05) is 6.61 Å². The minimum absolute atomic E-state index is 0.478. The van der Waals surface area contributed by atoms with E-state index >= 15 is 0 Å². The average molecular weight is 229 g/mol. The summed E-state index contributed by atoms with van der Waals surface area (Å²) >= 11 is 0. The van der Waals surface area contributed by atoms with Gasteiger partial charge in [0.2, 0.25) is 0 Å². The number of carbonyl (C=O) groups is 1. The summed E-state index contributed by atoms with van der Waals surface area (Å²) < 4.78 is 4.65. The van der Waals surface area contributed by atoms with Gasteiger partial charge in [0.25, 0.3) is 0 Å². The van der Waals surface area contributed by atoms with E-state index in [4.69, 9.17) is 5.73 Å². The van der Waals surface area contributed by atoms with E-state index in [0.29, 0.717) is 6.61 Å². The van der Waals surface area contributed by atoms with Gasteiger partial charge in [0.05, 0.1) is 6.61 Å². The molecule has 0 radical (unpaired) electrons. The zero-order valence-electron chi connectivity index (χ0n) is 10.7. The summed E-state index contributed by atoms with van der Waals surface area (Å²) in [5, 5.41) is 0. The van der Waals surface area contributed by atoms with E-state index in [-0.39, 0.29) is 0 Å². The molecule has 0 rings (SSSR count). The molecule has 0 saturated carbocycles. The summed E-state index contributed by atoms with van der Waals surface area (Å²) in [6, 6.07) is 0. The molecule has 0 aromatic rings. The molecule has 0 heterocycles. The molecule has 0 spiro atoms. The molecule has 0 aliphatic carbocycles. The van der Waals surface area contributed by atoms with Gasteiger partial charge in [-0.05, 0) is 6.42 Å². The molecule has 0 aliphatic heterocycles. The monoisotopic (exact) mass is 229 g/mol. The lowest BCUT2D eigenvalue weighted by molar-refractivity contribution is 0.154. The van der Waals surface area contributed by atoms with Crippen LogP contribution in [-0.4, -0.2) is 12.7 Å². The molecule has 0 aliphatic rings. The number of rotatable bonds is 11. The molecule has 96 valence electrons. The first-order chi connectivity index (χ1) is 7.77. The van der Waals surface area contributed by atoms with Gasteiger partial charge in [-0.2, -0.15) is 0 Å². The van der Waals surface area contributed by atoms with E-state index in [0.717, 1.165) is 12.8 Å². The van der Waals surface area contributed by atoms with Crippen LogP contribution in [0.5, 0.6) is 0 Å². The maximum Gasteiger partial charge on any atom is 0.404 e. The summed E-state index contributed by atoms with van der Waals surface area (Å²) in [5.74, 6) is 0. The Hall–Kier alpha value is -0.730. The minimum atomic E-state index is -0.657. The van der Waals surface area contributed by atoms with E-state index < -0.39 is 6.09 Å². The van der Waals surface area contributed by atoms with Crippen molar-refractivity contribution in [2.24, 2.45) is 5.73 Å². The maximum atomic E-state index is 10.3. The van der Waals surface area contributed by atoms with Crippen LogP contribution < -0.4 is 5.73 Å². The van der Waals surface area contributed by atoms with Gasteiger partial charge in [-0.1, -0.05) is 64.7 Å². The van der Waals surface area contributed by atoms with Crippen molar-refractivity contribution in [2.45, 2.75) is 71.1 Å². The molecule has 0 atom stereocenters. The highest BCUT2D eigenvalue weighted by atomic mass is 16.5. The number of primary amides is 1. The maximum absolute atomic E-state index is 10.3. The SMILES string of the molecule is CCCCCCCCCCCCOC(N)=O. The number of nitrogens with two attached hydrogens (primary N) is 1. The zero-order chi connectivity index (χ0) is 12.1. The first-order valence-electron chi connectivity index (χ1n) is 6.69. The van der Waals surface area contributed by atoms with E-state index in [1.807, 2.05) is 0 Å². The molecule has 2 N–H and O–H groups in total. The molecule has 0 saturated heterocycles. The highest BCUT2D eigenvalue weighted by Crippen LogP contribution is 2.10. The number of ether oxygens (including phenoxy) is 1. The second kappa shape index (κ2) is 12.3. The van der Waals surface area contributed by atoms with Crippen LogP contribution in [0.4, 0.5) is 4.79 Å². The number of amides is 1. The fourth-order valence-electron chi connectivity index (χ4n) is 1.76. The predicted molar refractivity (Wildman–Crippen MR) is 67.4 cm³/mol. The molecular weight excluding hydrogens is 202 g/mol. The third-order valence-corrected chi connectivity index (χ3v) is 2.74. The summed E-state index contributed by atoms with van der Waals surface area (Å²) in [6.45, 7) is 2.72. The van der Waals surface area contributed by atoms with E-state index in [1.165, 1.54) is 51.4 Å². The summed E-state index contributed by atoms with van der Waals surface area (Å²) in [6.07, 6.45) is 12.2. The van der Waals surface area contributed by atoms with Crippen molar-refractivity contribution < 1.29 is 9.53 Å². The van der Waals surface area contributed by atoms with Gasteiger partial charge in [-0.15, -0.1) is 0 Å². The Labute approximate surface area is 99.7 Å². The van der Waals surface area contributed by atoms with Crippen LogP contribution in [0, 0.1) is 0 Å². The summed E-state index contributed by atoms with van der Waals surface area (Å²) in [7, 11) is 0. The lowest BCUT2D eigenvalue weighted by Gasteiger charge is -2.02. The van der Waals surface area contributed by atoms with Crippen LogP contribution in [0.1, 0.15) is 71.1 Å². The second-order valence-electron chi connectivity index (χ2n) is 4.35. The highest BCUT2D eigenvalue weighted by Gasteiger charge is 1.94. The molecule has 16 heavy (non-hydrogen) atoms. The van der Waals surface area contributed by atoms with Crippen LogP contribution in [0.3, 0.4) is 0 Å².